The number of hydrogen-bond acceptors (Lipinski definition) is 1. The van der Waals surface area contributed by atoms with Crippen LogP contribution in [0.15, 0.2) is 18.2 Å². The van der Waals surface area contributed by atoms with E-state index in [4.69, 9.17) is 17.3 Å². The highest BCUT2D eigenvalue weighted by Gasteiger charge is 2.04. The highest BCUT2D eigenvalue weighted by Crippen LogP contribution is 2.21. The molecule has 0 aliphatic heterocycles. The van der Waals surface area contributed by atoms with E-state index in [1.54, 1.807) is 13.0 Å². The fourth-order valence-electron chi connectivity index (χ4n) is 0.871. The van der Waals surface area contributed by atoms with Crippen molar-refractivity contribution in [2.75, 3.05) is 0 Å². The number of hydrogen-bond donors (Lipinski definition) is 1. The summed E-state index contributed by atoms with van der Waals surface area (Å²) in [7, 11) is 0. The molecular formula is C8H9ClFN. The zero-order valence-electron chi connectivity index (χ0n) is 6.14. The Morgan fingerprint density at radius 1 is 1.55 bits per heavy atom. The topological polar surface area (TPSA) is 26.0 Å². The summed E-state index contributed by atoms with van der Waals surface area (Å²) in [5.74, 6) is -0.334. The van der Waals surface area contributed by atoms with Gasteiger partial charge in [0.05, 0.1) is 0 Å². The summed E-state index contributed by atoms with van der Waals surface area (Å²) in [5.41, 5.74) is 6.33. The van der Waals surface area contributed by atoms with Crippen molar-refractivity contribution in [2.45, 2.75) is 13.0 Å². The Morgan fingerprint density at radius 3 is 2.64 bits per heavy atom. The van der Waals surface area contributed by atoms with Gasteiger partial charge in [-0.1, -0.05) is 17.7 Å². The van der Waals surface area contributed by atoms with Crippen LogP contribution in [0.1, 0.15) is 18.5 Å². The third-order valence-corrected chi connectivity index (χ3v) is 1.78. The summed E-state index contributed by atoms with van der Waals surface area (Å²) in [5, 5.41) is 0.389. The Labute approximate surface area is 70.0 Å². The summed E-state index contributed by atoms with van der Waals surface area (Å²) < 4.78 is 12.5. The molecule has 0 unspecified atom stereocenters. The fourth-order valence-corrected chi connectivity index (χ4v) is 1.21. The quantitative estimate of drug-likeness (QED) is 0.694. The standard InChI is InChI=1S/C8H9ClFN/c1-5(11)7-3-2-6(10)4-8(7)9/h2-5H,11H2,1H3/t5-/m1/s1. The van der Waals surface area contributed by atoms with Crippen LogP contribution in [-0.2, 0) is 0 Å². The maximum Gasteiger partial charge on any atom is 0.124 e. The van der Waals surface area contributed by atoms with Crippen molar-refractivity contribution in [2.24, 2.45) is 5.73 Å². The lowest BCUT2D eigenvalue weighted by Gasteiger charge is -2.06. The van der Waals surface area contributed by atoms with Crippen molar-refractivity contribution in [1.82, 2.24) is 0 Å². The Bertz CT molecular complexity index is 260. The van der Waals surface area contributed by atoms with Gasteiger partial charge in [-0.25, -0.2) is 4.39 Å². The van der Waals surface area contributed by atoms with Crippen molar-refractivity contribution in [3.05, 3.63) is 34.6 Å². The van der Waals surface area contributed by atoms with Gasteiger partial charge in [0.15, 0.2) is 0 Å². The normalized spacial score (nSPS) is 13.1. The van der Waals surface area contributed by atoms with Crippen molar-refractivity contribution >= 4 is 11.6 Å². The molecule has 1 aromatic rings. The van der Waals surface area contributed by atoms with Gasteiger partial charge in [-0.2, -0.15) is 0 Å². The Kier molecular flexibility index (Phi) is 2.47. The zero-order chi connectivity index (χ0) is 8.43. The van der Waals surface area contributed by atoms with E-state index in [-0.39, 0.29) is 11.9 Å². The molecule has 0 bridgehead atoms. The Morgan fingerprint density at radius 2 is 2.18 bits per heavy atom. The van der Waals surface area contributed by atoms with Crippen LogP contribution in [0.25, 0.3) is 0 Å². The van der Waals surface area contributed by atoms with Crippen LogP contribution >= 0.6 is 11.6 Å². The average molecular weight is 174 g/mol. The van der Waals surface area contributed by atoms with Crippen molar-refractivity contribution in [3.8, 4) is 0 Å². The predicted octanol–water partition coefficient (Wildman–Crippen LogP) is 2.50. The molecule has 0 saturated carbocycles. The first kappa shape index (κ1) is 8.50. The summed E-state index contributed by atoms with van der Waals surface area (Å²) >= 11 is 5.70. The molecule has 1 atom stereocenters. The van der Waals surface area contributed by atoms with E-state index >= 15 is 0 Å². The monoisotopic (exact) mass is 173 g/mol. The van der Waals surface area contributed by atoms with E-state index in [1.165, 1.54) is 12.1 Å². The van der Waals surface area contributed by atoms with E-state index in [9.17, 15) is 4.39 Å². The molecule has 1 aromatic carbocycles. The third kappa shape index (κ3) is 1.91. The molecule has 0 spiro atoms. The van der Waals surface area contributed by atoms with Gasteiger partial charge in [0.1, 0.15) is 5.82 Å². The molecule has 0 aromatic heterocycles. The largest absolute Gasteiger partial charge is 0.324 e. The molecule has 0 heterocycles. The van der Waals surface area contributed by atoms with E-state index < -0.39 is 0 Å². The van der Waals surface area contributed by atoms with Gasteiger partial charge >= 0.3 is 0 Å². The van der Waals surface area contributed by atoms with Gasteiger partial charge in [0, 0.05) is 11.1 Å². The van der Waals surface area contributed by atoms with Crippen LogP contribution in [0, 0.1) is 5.82 Å². The van der Waals surface area contributed by atoms with Gasteiger partial charge in [-0.05, 0) is 24.6 Å². The average Bonchev–Trinajstić information content (AvgIpc) is 1.85. The lowest BCUT2D eigenvalue weighted by molar-refractivity contribution is 0.626. The van der Waals surface area contributed by atoms with Gasteiger partial charge in [-0.3, -0.25) is 0 Å². The maximum absolute atomic E-state index is 12.5. The number of benzene rings is 1. The lowest BCUT2D eigenvalue weighted by Crippen LogP contribution is -2.05. The van der Waals surface area contributed by atoms with Gasteiger partial charge in [0.25, 0.3) is 0 Å². The summed E-state index contributed by atoms with van der Waals surface area (Å²) in [4.78, 5) is 0. The van der Waals surface area contributed by atoms with Gasteiger partial charge in [-0.15, -0.1) is 0 Å². The smallest absolute Gasteiger partial charge is 0.124 e. The molecule has 0 aliphatic carbocycles. The second kappa shape index (κ2) is 3.20. The second-order valence-electron chi connectivity index (χ2n) is 2.45. The molecule has 0 aliphatic rings. The van der Waals surface area contributed by atoms with Crippen LogP contribution in [-0.4, -0.2) is 0 Å². The van der Waals surface area contributed by atoms with Crippen molar-refractivity contribution in [1.29, 1.82) is 0 Å². The summed E-state index contributed by atoms with van der Waals surface area (Å²) in [6.07, 6.45) is 0. The number of halogens is 2. The SMILES string of the molecule is C[C@@H](N)c1ccc(F)cc1Cl. The van der Waals surface area contributed by atoms with Gasteiger partial charge in [0.2, 0.25) is 0 Å². The van der Waals surface area contributed by atoms with Crippen LogP contribution in [0.5, 0.6) is 0 Å². The molecular weight excluding hydrogens is 165 g/mol. The van der Waals surface area contributed by atoms with Crippen molar-refractivity contribution < 1.29 is 4.39 Å². The molecule has 1 rings (SSSR count). The number of rotatable bonds is 1. The van der Waals surface area contributed by atoms with E-state index in [0.29, 0.717) is 5.02 Å². The molecule has 0 saturated heterocycles. The molecule has 0 amide bonds. The molecule has 3 heteroatoms. The van der Waals surface area contributed by atoms with E-state index in [0.717, 1.165) is 5.56 Å². The van der Waals surface area contributed by atoms with E-state index in [2.05, 4.69) is 0 Å². The molecule has 0 fully saturated rings. The molecule has 1 nitrogen and oxygen atoms in total. The van der Waals surface area contributed by atoms with E-state index in [1.807, 2.05) is 0 Å². The predicted molar refractivity (Wildman–Crippen MR) is 44.0 cm³/mol. The van der Waals surface area contributed by atoms with Crippen molar-refractivity contribution in [3.63, 3.8) is 0 Å². The maximum atomic E-state index is 12.5. The zero-order valence-corrected chi connectivity index (χ0v) is 6.90. The Hall–Kier alpha value is -0.600. The van der Waals surface area contributed by atoms with Crippen LogP contribution < -0.4 is 5.73 Å². The molecule has 0 radical (unpaired) electrons. The minimum absolute atomic E-state index is 0.150. The molecule has 60 valence electrons. The first-order valence-electron chi connectivity index (χ1n) is 3.32. The minimum Gasteiger partial charge on any atom is -0.324 e. The number of nitrogens with two attached hydrogens (primary N) is 1. The second-order valence-corrected chi connectivity index (χ2v) is 2.86. The fraction of sp³-hybridized carbons (Fsp3) is 0.250. The molecule has 11 heavy (non-hydrogen) atoms. The first-order valence-corrected chi connectivity index (χ1v) is 3.69. The summed E-state index contributed by atoms with van der Waals surface area (Å²) in [6.45, 7) is 1.80. The third-order valence-electron chi connectivity index (χ3n) is 1.45. The highest BCUT2D eigenvalue weighted by molar-refractivity contribution is 6.31. The van der Waals surface area contributed by atoms with Crippen LogP contribution in [0.3, 0.4) is 0 Å². The van der Waals surface area contributed by atoms with Crippen LogP contribution in [0.4, 0.5) is 4.39 Å². The Balaban J connectivity index is 3.09. The minimum atomic E-state index is -0.334. The highest BCUT2D eigenvalue weighted by atomic mass is 35.5. The van der Waals surface area contributed by atoms with Crippen LogP contribution in [0.2, 0.25) is 5.02 Å². The first-order chi connectivity index (χ1) is 5.11. The summed E-state index contributed by atoms with van der Waals surface area (Å²) in [6, 6.07) is 4.07. The molecule has 2 N–H and O–H groups in total. The lowest BCUT2D eigenvalue weighted by atomic mass is 10.1. The van der Waals surface area contributed by atoms with Gasteiger partial charge < -0.3 is 5.73 Å².